The van der Waals surface area contributed by atoms with Gasteiger partial charge in [-0.25, -0.2) is 8.78 Å². The molecule has 3 fully saturated rings. The number of carbonyl (C=O) groups is 1. The van der Waals surface area contributed by atoms with Gasteiger partial charge in [0.2, 0.25) is 11.8 Å². The monoisotopic (exact) mass is 428 g/mol. The highest BCUT2D eigenvalue weighted by atomic mass is 19.3. The molecule has 8 nitrogen and oxygen atoms in total. The Labute approximate surface area is 174 Å². The van der Waals surface area contributed by atoms with Gasteiger partial charge >= 0.3 is 0 Å². The highest BCUT2D eigenvalue weighted by Crippen LogP contribution is 2.36. The molecule has 3 N–H and O–H groups in total. The fourth-order valence-electron chi connectivity index (χ4n) is 4.58. The molecule has 0 spiro atoms. The Morgan fingerprint density at radius 1 is 1.37 bits per heavy atom. The minimum Gasteiger partial charge on any atom is -0.388 e. The molecule has 1 aromatic rings. The van der Waals surface area contributed by atoms with E-state index in [1.165, 1.54) is 0 Å². The van der Waals surface area contributed by atoms with Gasteiger partial charge in [0, 0.05) is 57.2 Å². The van der Waals surface area contributed by atoms with Crippen LogP contribution in [0, 0.1) is 0 Å². The van der Waals surface area contributed by atoms with Crippen molar-refractivity contribution < 1.29 is 28.2 Å². The van der Waals surface area contributed by atoms with Gasteiger partial charge in [-0.3, -0.25) is 9.48 Å². The van der Waals surface area contributed by atoms with Crippen LogP contribution in [0.3, 0.4) is 0 Å². The number of carbonyl (C=O) groups excluding carboxylic acids is 1. The largest absolute Gasteiger partial charge is 0.388 e. The van der Waals surface area contributed by atoms with Crippen LogP contribution in [-0.2, 0) is 27.9 Å². The van der Waals surface area contributed by atoms with E-state index in [-0.39, 0.29) is 43.4 Å². The molecule has 2 saturated heterocycles. The Bertz CT molecular complexity index is 736. The lowest BCUT2D eigenvalue weighted by molar-refractivity contribution is -0.124. The van der Waals surface area contributed by atoms with Gasteiger partial charge in [-0.15, -0.1) is 0 Å². The average molecular weight is 428 g/mol. The molecular formula is C20H30F2N4O4. The second-order valence-corrected chi connectivity index (χ2v) is 8.70. The Balaban J connectivity index is 1.17. The molecule has 0 aromatic carbocycles. The van der Waals surface area contributed by atoms with Crippen LogP contribution in [0.4, 0.5) is 8.78 Å². The van der Waals surface area contributed by atoms with Gasteiger partial charge in [0.15, 0.2) is 0 Å². The third-order valence-electron chi connectivity index (χ3n) is 6.26. The summed E-state index contributed by atoms with van der Waals surface area (Å²) in [6, 6.07) is 0.0260. The third kappa shape index (κ3) is 5.16. The summed E-state index contributed by atoms with van der Waals surface area (Å²) in [5.41, 5.74) is 0.922. The standard InChI is InChI=1S/C20H30F2N4O4/c1-26-11-12(9-25-26)8-24-17(27)7-14-6-15-19(29-14)18(28)16(30-15)10-23-13-2-4-20(21,22)5-3-13/h9,11,13-16,18-19,23,28H,2-8,10H2,1H3,(H,24,27)/t14-,15+,16+,18+,19-/m0/s1. The fraction of sp³-hybridized carbons (Fsp3) is 0.800. The van der Waals surface area contributed by atoms with Gasteiger partial charge in [0.25, 0.3) is 0 Å². The van der Waals surface area contributed by atoms with Crippen molar-refractivity contribution in [3.8, 4) is 0 Å². The Morgan fingerprint density at radius 3 is 2.80 bits per heavy atom. The van der Waals surface area contributed by atoms with Gasteiger partial charge in [-0.1, -0.05) is 0 Å². The van der Waals surface area contributed by atoms with Gasteiger partial charge in [0.05, 0.1) is 30.9 Å². The van der Waals surface area contributed by atoms with Gasteiger partial charge in [0.1, 0.15) is 12.2 Å². The second kappa shape index (κ2) is 8.86. The number of aryl methyl sites for hydroxylation is 1. The molecule has 2 aliphatic heterocycles. The summed E-state index contributed by atoms with van der Waals surface area (Å²) < 4.78 is 40.0. The number of nitrogens with one attached hydrogen (secondary N) is 2. The minimum atomic E-state index is -2.55. The predicted molar refractivity (Wildman–Crippen MR) is 103 cm³/mol. The zero-order valence-corrected chi connectivity index (χ0v) is 17.1. The smallest absolute Gasteiger partial charge is 0.248 e. The van der Waals surface area contributed by atoms with Crippen molar-refractivity contribution in [1.82, 2.24) is 20.4 Å². The summed E-state index contributed by atoms with van der Waals surface area (Å²) in [4.78, 5) is 12.2. The zero-order valence-electron chi connectivity index (χ0n) is 17.1. The summed E-state index contributed by atoms with van der Waals surface area (Å²) in [6.07, 6.45) is 2.73. The fourth-order valence-corrected chi connectivity index (χ4v) is 4.58. The molecule has 10 heteroatoms. The average Bonchev–Trinajstić information content (AvgIpc) is 3.36. The van der Waals surface area contributed by atoms with Crippen molar-refractivity contribution in [2.24, 2.45) is 7.05 Å². The van der Waals surface area contributed by atoms with Crippen LogP contribution < -0.4 is 10.6 Å². The molecule has 0 radical (unpaired) electrons. The molecule has 4 rings (SSSR count). The predicted octanol–water partition coefficient (Wildman–Crippen LogP) is 0.880. The van der Waals surface area contributed by atoms with Crippen molar-refractivity contribution in [2.45, 2.75) is 87.6 Å². The lowest BCUT2D eigenvalue weighted by atomic mass is 9.92. The molecule has 0 unspecified atom stereocenters. The molecule has 30 heavy (non-hydrogen) atoms. The maximum absolute atomic E-state index is 13.3. The second-order valence-electron chi connectivity index (χ2n) is 8.70. The van der Waals surface area contributed by atoms with Crippen molar-refractivity contribution in [2.75, 3.05) is 6.54 Å². The number of nitrogens with zero attached hydrogens (tertiary/aromatic N) is 2. The van der Waals surface area contributed by atoms with Crippen LogP contribution >= 0.6 is 0 Å². The molecular weight excluding hydrogens is 398 g/mol. The first-order valence-corrected chi connectivity index (χ1v) is 10.6. The summed E-state index contributed by atoms with van der Waals surface area (Å²) >= 11 is 0. The number of aliphatic hydroxyl groups is 1. The van der Waals surface area contributed by atoms with E-state index in [0.29, 0.717) is 32.4 Å². The first-order valence-electron chi connectivity index (χ1n) is 10.6. The number of hydrogen-bond acceptors (Lipinski definition) is 6. The number of hydrogen-bond donors (Lipinski definition) is 3. The van der Waals surface area contributed by atoms with Crippen LogP contribution in [0.25, 0.3) is 0 Å². The maximum atomic E-state index is 13.3. The van der Waals surface area contributed by atoms with E-state index in [2.05, 4.69) is 15.7 Å². The van der Waals surface area contributed by atoms with Gasteiger partial charge in [-0.05, 0) is 12.8 Å². The first-order chi connectivity index (χ1) is 14.3. The van der Waals surface area contributed by atoms with Crippen LogP contribution in [0.5, 0.6) is 0 Å². The number of alkyl halides is 2. The topological polar surface area (TPSA) is 97.6 Å². The highest BCUT2D eigenvalue weighted by Gasteiger charge is 2.50. The number of rotatable bonds is 7. The van der Waals surface area contributed by atoms with Crippen molar-refractivity contribution in [3.63, 3.8) is 0 Å². The molecule has 1 aliphatic carbocycles. The zero-order chi connectivity index (χ0) is 21.3. The molecule has 1 aromatic heterocycles. The number of aromatic nitrogens is 2. The number of halogens is 2. The van der Waals surface area contributed by atoms with Crippen LogP contribution in [0.2, 0.25) is 0 Å². The van der Waals surface area contributed by atoms with Crippen LogP contribution in [-0.4, -0.2) is 69.8 Å². The summed E-state index contributed by atoms with van der Waals surface area (Å²) in [5.74, 6) is -2.67. The van der Waals surface area contributed by atoms with Crippen LogP contribution in [0.15, 0.2) is 12.4 Å². The highest BCUT2D eigenvalue weighted by molar-refractivity contribution is 5.76. The maximum Gasteiger partial charge on any atom is 0.248 e. The Kier molecular flexibility index (Phi) is 6.38. The van der Waals surface area contributed by atoms with Gasteiger partial charge in [-0.2, -0.15) is 5.10 Å². The molecule has 1 saturated carbocycles. The van der Waals surface area contributed by atoms with Gasteiger partial charge < -0.3 is 25.2 Å². The number of aliphatic hydroxyl groups excluding tert-OH is 1. The van der Waals surface area contributed by atoms with E-state index in [9.17, 15) is 18.7 Å². The lowest BCUT2D eigenvalue weighted by Crippen LogP contribution is -2.44. The normalized spacial score (nSPS) is 33.5. The Hall–Kier alpha value is -1.62. The lowest BCUT2D eigenvalue weighted by Gasteiger charge is -2.30. The summed E-state index contributed by atoms with van der Waals surface area (Å²) in [6.45, 7) is 0.816. The number of amides is 1. The van der Waals surface area contributed by atoms with E-state index in [1.807, 2.05) is 13.2 Å². The first kappa shape index (κ1) is 21.6. The summed E-state index contributed by atoms with van der Waals surface area (Å²) in [5, 5.41) is 20.7. The SMILES string of the molecule is Cn1cc(CNC(=O)C[C@@H]2C[C@H]3O[C@H](CNC4CCC(F)(F)CC4)[C@@H](O)[C@H]3O2)cn1. The van der Waals surface area contributed by atoms with Crippen molar-refractivity contribution in [3.05, 3.63) is 18.0 Å². The quantitative estimate of drug-likeness (QED) is 0.597. The van der Waals surface area contributed by atoms with Crippen molar-refractivity contribution >= 4 is 5.91 Å². The van der Waals surface area contributed by atoms with E-state index >= 15 is 0 Å². The molecule has 3 aliphatic rings. The molecule has 168 valence electrons. The third-order valence-corrected chi connectivity index (χ3v) is 6.26. The minimum absolute atomic E-state index is 0.0260. The molecule has 5 atom stereocenters. The molecule has 0 bridgehead atoms. The number of fused-ring (bicyclic) bond motifs is 1. The van der Waals surface area contributed by atoms with E-state index in [1.54, 1.807) is 10.9 Å². The molecule has 1 amide bonds. The summed E-state index contributed by atoms with van der Waals surface area (Å²) in [7, 11) is 1.82. The van der Waals surface area contributed by atoms with E-state index in [0.717, 1.165) is 5.56 Å². The van der Waals surface area contributed by atoms with E-state index in [4.69, 9.17) is 9.47 Å². The number of ether oxygens (including phenoxy) is 2. The van der Waals surface area contributed by atoms with Crippen LogP contribution in [0.1, 0.15) is 44.1 Å². The Morgan fingerprint density at radius 2 is 2.13 bits per heavy atom. The van der Waals surface area contributed by atoms with Crippen molar-refractivity contribution in [1.29, 1.82) is 0 Å². The molecule has 3 heterocycles. The van der Waals surface area contributed by atoms with E-state index < -0.39 is 24.2 Å².